The molecule has 7 heteroatoms. The van der Waals surface area contributed by atoms with Crippen molar-refractivity contribution < 1.29 is 18.0 Å². The molecule has 5 nitrogen and oxygen atoms in total. The topological polar surface area (TPSA) is 59.5 Å². The van der Waals surface area contributed by atoms with Crippen molar-refractivity contribution >= 4 is 43.6 Å². The minimum atomic E-state index is -0.344. The normalized spacial score (nSPS) is 11.3. The molecule has 0 atom stereocenters. The summed E-state index contributed by atoms with van der Waals surface area (Å²) in [6.45, 7) is 0.186. The number of para-hydroxylation sites is 1. The average molecular weight is 392 g/mol. The number of nitrogens with zero attached hydrogens (tertiary/aromatic N) is 2. The average Bonchev–Trinajstić information content (AvgIpc) is 3.43. The number of carbonyl (C=O) groups excluding carboxylic acids is 1. The van der Waals surface area contributed by atoms with Crippen LogP contribution in [0.2, 0.25) is 0 Å². The highest BCUT2D eigenvalue weighted by molar-refractivity contribution is 7.22. The number of thiazole rings is 1. The van der Waals surface area contributed by atoms with Gasteiger partial charge in [-0.25, -0.2) is 9.37 Å². The number of amides is 1. The van der Waals surface area contributed by atoms with Crippen LogP contribution in [0.15, 0.2) is 75.8 Å². The molecule has 0 unspecified atom stereocenters. The molecule has 0 saturated heterocycles. The van der Waals surface area contributed by atoms with Gasteiger partial charge in [0.15, 0.2) is 10.9 Å². The summed E-state index contributed by atoms with van der Waals surface area (Å²) in [5, 5.41) is 1.29. The fourth-order valence-electron chi connectivity index (χ4n) is 3.01. The third-order valence-corrected chi connectivity index (χ3v) is 5.39. The molecule has 138 valence electrons. The standard InChI is InChI=1S/C21H13FN2O3S/c22-14-7-8-16-19(11-14)28-21(23-16)24(12-15-5-3-9-26-15)20(25)18-10-13-4-1-2-6-17(13)27-18/h1-11H,12H2. The minimum Gasteiger partial charge on any atom is -0.467 e. The smallest absolute Gasteiger partial charge is 0.296 e. The Morgan fingerprint density at radius 1 is 1.11 bits per heavy atom. The summed E-state index contributed by atoms with van der Waals surface area (Å²) >= 11 is 1.24. The third-order valence-electron chi connectivity index (χ3n) is 4.35. The van der Waals surface area contributed by atoms with Crippen molar-refractivity contribution in [1.29, 1.82) is 0 Å². The van der Waals surface area contributed by atoms with E-state index in [2.05, 4.69) is 4.98 Å². The number of benzene rings is 2. The second-order valence-corrected chi connectivity index (χ2v) is 7.24. The highest BCUT2D eigenvalue weighted by Crippen LogP contribution is 2.32. The predicted molar refractivity (Wildman–Crippen MR) is 105 cm³/mol. The molecule has 1 amide bonds. The van der Waals surface area contributed by atoms with E-state index in [4.69, 9.17) is 8.83 Å². The zero-order chi connectivity index (χ0) is 19.1. The summed E-state index contributed by atoms with van der Waals surface area (Å²) in [5.41, 5.74) is 1.26. The van der Waals surface area contributed by atoms with Crippen molar-refractivity contribution in [3.05, 3.63) is 84.3 Å². The van der Waals surface area contributed by atoms with Crippen LogP contribution in [0.25, 0.3) is 21.2 Å². The van der Waals surface area contributed by atoms with Crippen LogP contribution in [0, 0.1) is 5.82 Å². The zero-order valence-electron chi connectivity index (χ0n) is 14.5. The van der Waals surface area contributed by atoms with E-state index in [1.807, 2.05) is 24.3 Å². The number of fused-ring (bicyclic) bond motifs is 2. The van der Waals surface area contributed by atoms with Gasteiger partial charge in [0.1, 0.15) is 17.2 Å². The third kappa shape index (κ3) is 2.95. The van der Waals surface area contributed by atoms with Crippen molar-refractivity contribution in [2.24, 2.45) is 0 Å². The molecule has 3 heterocycles. The van der Waals surface area contributed by atoms with Crippen molar-refractivity contribution in [3.63, 3.8) is 0 Å². The molecule has 0 aliphatic rings. The summed E-state index contributed by atoms with van der Waals surface area (Å²) in [6.07, 6.45) is 1.55. The largest absolute Gasteiger partial charge is 0.467 e. The van der Waals surface area contributed by atoms with Crippen LogP contribution in [0.1, 0.15) is 16.3 Å². The van der Waals surface area contributed by atoms with Crippen molar-refractivity contribution in [1.82, 2.24) is 4.98 Å². The maximum Gasteiger partial charge on any atom is 0.296 e. The molecule has 5 aromatic rings. The van der Waals surface area contributed by atoms with E-state index in [0.717, 1.165) is 5.39 Å². The van der Waals surface area contributed by atoms with Crippen LogP contribution in [0.3, 0.4) is 0 Å². The second kappa shape index (κ2) is 6.61. The van der Waals surface area contributed by atoms with Gasteiger partial charge in [-0.1, -0.05) is 29.5 Å². The molecule has 3 aromatic heterocycles. The van der Waals surface area contributed by atoms with E-state index < -0.39 is 0 Å². The Kier molecular flexibility index (Phi) is 3.95. The lowest BCUT2D eigenvalue weighted by molar-refractivity contribution is 0.0958. The number of anilines is 1. The van der Waals surface area contributed by atoms with Crippen LogP contribution >= 0.6 is 11.3 Å². The molecule has 0 saturated carbocycles. The van der Waals surface area contributed by atoms with Gasteiger partial charge in [-0.3, -0.25) is 9.69 Å². The van der Waals surface area contributed by atoms with Gasteiger partial charge >= 0.3 is 0 Å². The summed E-state index contributed by atoms with van der Waals surface area (Å²) in [4.78, 5) is 19.3. The molecule has 0 spiro atoms. The highest BCUT2D eigenvalue weighted by Gasteiger charge is 2.25. The van der Waals surface area contributed by atoms with Crippen molar-refractivity contribution in [2.45, 2.75) is 6.54 Å². The van der Waals surface area contributed by atoms with Crippen LogP contribution in [-0.2, 0) is 6.54 Å². The summed E-state index contributed by atoms with van der Waals surface area (Å²) in [7, 11) is 0. The molecule has 0 aliphatic heterocycles. The number of hydrogen-bond acceptors (Lipinski definition) is 5. The fourth-order valence-corrected chi connectivity index (χ4v) is 3.99. The van der Waals surface area contributed by atoms with Crippen LogP contribution in [-0.4, -0.2) is 10.9 Å². The molecule has 2 aromatic carbocycles. The lowest BCUT2D eigenvalue weighted by Crippen LogP contribution is -2.29. The first-order valence-corrected chi connectivity index (χ1v) is 9.38. The van der Waals surface area contributed by atoms with Gasteiger partial charge in [0.05, 0.1) is 23.0 Å². The summed E-state index contributed by atoms with van der Waals surface area (Å²) in [5.74, 6) is 0.129. The second-order valence-electron chi connectivity index (χ2n) is 6.23. The van der Waals surface area contributed by atoms with E-state index >= 15 is 0 Å². The van der Waals surface area contributed by atoms with E-state index in [-0.39, 0.29) is 24.0 Å². The van der Waals surface area contributed by atoms with E-state index in [1.165, 1.54) is 28.4 Å². The van der Waals surface area contributed by atoms with Crippen LogP contribution < -0.4 is 4.90 Å². The van der Waals surface area contributed by atoms with Crippen molar-refractivity contribution in [3.8, 4) is 0 Å². The Morgan fingerprint density at radius 2 is 2.00 bits per heavy atom. The summed E-state index contributed by atoms with van der Waals surface area (Å²) < 4.78 is 25.4. The molecular weight excluding hydrogens is 379 g/mol. The number of halogens is 1. The molecule has 5 rings (SSSR count). The molecule has 0 radical (unpaired) electrons. The van der Waals surface area contributed by atoms with Gasteiger partial charge in [-0.15, -0.1) is 0 Å². The number of furan rings is 2. The fraction of sp³-hybridized carbons (Fsp3) is 0.0476. The Bertz CT molecular complexity index is 1260. The molecular formula is C21H13FN2O3S. The quantitative estimate of drug-likeness (QED) is 0.398. The Balaban J connectivity index is 1.59. The van der Waals surface area contributed by atoms with Gasteiger partial charge < -0.3 is 8.83 Å². The number of rotatable bonds is 4. The van der Waals surface area contributed by atoms with Crippen LogP contribution in [0.4, 0.5) is 9.52 Å². The maximum atomic E-state index is 13.6. The van der Waals surface area contributed by atoms with E-state index in [9.17, 15) is 9.18 Å². The molecule has 28 heavy (non-hydrogen) atoms. The molecule has 0 fully saturated rings. The minimum absolute atomic E-state index is 0.186. The Hall–Kier alpha value is -3.45. The highest BCUT2D eigenvalue weighted by atomic mass is 32.1. The van der Waals surface area contributed by atoms with Crippen LogP contribution in [0.5, 0.6) is 0 Å². The monoisotopic (exact) mass is 392 g/mol. The first-order chi connectivity index (χ1) is 13.7. The Morgan fingerprint density at radius 3 is 2.82 bits per heavy atom. The van der Waals surface area contributed by atoms with Gasteiger partial charge in [0.2, 0.25) is 0 Å². The van der Waals surface area contributed by atoms with Gasteiger partial charge in [-0.05, 0) is 42.5 Å². The van der Waals surface area contributed by atoms with Crippen molar-refractivity contribution in [2.75, 3.05) is 4.90 Å². The zero-order valence-corrected chi connectivity index (χ0v) is 15.3. The lowest BCUT2D eigenvalue weighted by atomic mass is 10.2. The number of aromatic nitrogens is 1. The number of carbonyl (C=O) groups is 1. The first-order valence-electron chi connectivity index (χ1n) is 8.56. The van der Waals surface area contributed by atoms with Gasteiger partial charge in [0, 0.05) is 5.39 Å². The van der Waals surface area contributed by atoms with E-state index in [1.54, 1.807) is 30.5 Å². The Labute approximate surface area is 162 Å². The van der Waals surface area contributed by atoms with E-state index in [0.29, 0.717) is 26.7 Å². The SMILES string of the molecule is O=C(c1cc2ccccc2o1)N(Cc1ccco1)c1nc2ccc(F)cc2s1. The first kappa shape index (κ1) is 16.7. The predicted octanol–water partition coefficient (Wildman–Crippen LogP) is 5.62. The summed E-state index contributed by atoms with van der Waals surface area (Å²) in [6, 6.07) is 17.0. The molecule has 0 N–H and O–H groups in total. The van der Waals surface area contributed by atoms with Gasteiger partial charge in [0.25, 0.3) is 5.91 Å². The van der Waals surface area contributed by atoms with Gasteiger partial charge in [-0.2, -0.15) is 0 Å². The molecule has 0 bridgehead atoms. The maximum absolute atomic E-state index is 13.6. The lowest BCUT2D eigenvalue weighted by Gasteiger charge is -2.17. The number of hydrogen-bond donors (Lipinski definition) is 0. The molecule has 0 aliphatic carbocycles.